The molecule has 2 aliphatic carbocycles. The molecule has 1 saturated heterocycles. The molecule has 2 aliphatic heterocycles. The third kappa shape index (κ3) is 5.34. The molecule has 2 heterocycles. The largest absolute Gasteiger partial charge is 0.446 e. The van der Waals surface area contributed by atoms with Crippen LogP contribution in [0.2, 0.25) is 0 Å². The van der Waals surface area contributed by atoms with E-state index >= 15 is 0 Å². The van der Waals surface area contributed by atoms with Crippen LogP contribution < -0.4 is 4.90 Å². The summed E-state index contributed by atoms with van der Waals surface area (Å²) in [6, 6.07) is 8.10. The van der Waals surface area contributed by atoms with Gasteiger partial charge in [0.05, 0.1) is 6.54 Å². The zero-order valence-electron chi connectivity index (χ0n) is 24.0. The fraction of sp³-hybridized carbons (Fsp3) is 0.625. The summed E-state index contributed by atoms with van der Waals surface area (Å²) in [7, 11) is 0. The minimum atomic E-state index is -0.695. The number of hydrogen-bond donors (Lipinski definition) is 1. The zero-order chi connectivity index (χ0) is 27.6. The van der Waals surface area contributed by atoms with E-state index in [2.05, 4.69) is 31.7 Å². The van der Waals surface area contributed by atoms with Gasteiger partial charge in [-0.05, 0) is 96.6 Å². The Hall–Kier alpha value is -2.80. The second-order valence-electron chi connectivity index (χ2n) is 12.1. The van der Waals surface area contributed by atoms with Crippen LogP contribution in [0.15, 0.2) is 46.8 Å². The highest BCUT2D eigenvalue weighted by atomic mass is 16.6. The lowest BCUT2D eigenvalue weighted by Crippen LogP contribution is -2.65. The highest BCUT2D eigenvalue weighted by Gasteiger charge is 2.59. The van der Waals surface area contributed by atoms with Gasteiger partial charge in [-0.25, -0.2) is 4.79 Å². The van der Waals surface area contributed by atoms with Gasteiger partial charge in [0, 0.05) is 43.3 Å². The third-order valence-corrected chi connectivity index (χ3v) is 9.15. The molecular formula is C32H45N3O4. The number of fused-ring (bicyclic) bond motifs is 2. The van der Waals surface area contributed by atoms with Crippen molar-refractivity contribution in [3.8, 4) is 0 Å². The van der Waals surface area contributed by atoms with E-state index in [0.29, 0.717) is 19.6 Å². The number of allylic oxidation sites excluding steroid dienone is 3. The van der Waals surface area contributed by atoms with Gasteiger partial charge in [0.25, 0.3) is 0 Å². The summed E-state index contributed by atoms with van der Waals surface area (Å²) in [5.74, 6) is 0.0806. The first kappa shape index (κ1) is 27.8. The summed E-state index contributed by atoms with van der Waals surface area (Å²) in [4.78, 5) is 33.2. The molecule has 1 aromatic carbocycles. The van der Waals surface area contributed by atoms with Gasteiger partial charge in [-0.1, -0.05) is 29.3 Å². The third-order valence-electron chi connectivity index (χ3n) is 9.15. The summed E-state index contributed by atoms with van der Waals surface area (Å²) < 4.78 is 5.74. The smallest absolute Gasteiger partial charge is 0.410 e. The molecule has 0 unspecified atom stereocenters. The molecule has 1 spiro atoms. The number of hydrogen-bond acceptors (Lipinski definition) is 5. The Balaban J connectivity index is 1.39. The van der Waals surface area contributed by atoms with E-state index in [4.69, 9.17) is 4.74 Å². The molecule has 212 valence electrons. The molecule has 4 aliphatic rings. The van der Waals surface area contributed by atoms with Gasteiger partial charge in [0.1, 0.15) is 11.5 Å². The van der Waals surface area contributed by atoms with E-state index in [1.807, 2.05) is 23.1 Å². The predicted molar refractivity (Wildman–Crippen MR) is 153 cm³/mol. The number of carbonyl (C=O) groups excluding carboxylic acids is 2. The van der Waals surface area contributed by atoms with E-state index in [0.717, 1.165) is 69.2 Å². The SMILES string of the molecule is CC(C)=C(CN1C(=O)C2(CN(C(=O)OC3CCCC3)C2)c2ccccc21)N(CCCCO)C1=C(C)CCCC1. The number of amides is 2. The van der Waals surface area contributed by atoms with Crippen molar-refractivity contribution >= 4 is 17.7 Å². The molecule has 0 radical (unpaired) electrons. The number of aliphatic hydroxyl groups is 1. The number of para-hydroxylation sites is 1. The highest BCUT2D eigenvalue weighted by molar-refractivity contribution is 6.10. The second kappa shape index (κ2) is 11.7. The molecule has 5 rings (SSSR count). The summed E-state index contributed by atoms with van der Waals surface area (Å²) in [6.45, 7) is 8.80. The van der Waals surface area contributed by atoms with Crippen LogP contribution in [0.3, 0.4) is 0 Å². The number of nitrogens with zero attached hydrogens (tertiary/aromatic N) is 3. The fourth-order valence-electron chi connectivity index (χ4n) is 6.90. The van der Waals surface area contributed by atoms with E-state index in [-0.39, 0.29) is 24.7 Å². The van der Waals surface area contributed by atoms with Crippen molar-refractivity contribution in [2.75, 3.05) is 37.7 Å². The molecule has 7 nitrogen and oxygen atoms in total. The topological polar surface area (TPSA) is 73.3 Å². The van der Waals surface area contributed by atoms with Crippen molar-refractivity contribution in [1.82, 2.24) is 9.80 Å². The lowest BCUT2D eigenvalue weighted by molar-refractivity contribution is -0.128. The molecule has 7 heteroatoms. The molecule has 0 atom stereocenters. The Morgan fingerprint density at radius 2 is 1.79 bits per heavy atom. The van der Waals surface area contributed by atoms with E-state index in [1.165, 1.54) is 35.4 Å². The van der Waals surface area contributed by atoms with Crippen molar-refractivity contribution in [2.45, 2.75) is 96.5 Å². The highest BCUT2D eigenvalue weighted by Crippen LogP contribution is 2.48. The van der Waals surface area contributed by atoms with Crippen molar-refractivity contribution in [2.24, 2.45) is 0 Å². The Labute approximate surface area is 233 Å². The van der Waals surface area contributed by atoms with Gasteiger partial charge >= 0.3 is 6.09 Å². The van der Waals surface area contributed by atoms with Crippen LogP contribution >= 0.6 is 0 Å². The number of anilines is 1. The Morgan fingerprint density at radius 1 is 1.08 bits per heavy atom. The molecule has 0 aromatic heterocycles. The molecule has 1 saturated carbocycles. The van der Waals surface area contributed by atoms with Crippen molar-refractivity contribution in [3.63, 3.8) is 0 Å². The number of benzene rings is 1. The Bertz CT molecular complexity index is 1140. The minimum Gasteiger partial charge on any atom is -0.446 e. The minimum absolute atomic E-state index is 0.0201. The monoisotopic (exact) mass is 535 g/mol. The van der Waals surface area contributed by atoms with E-state index in [9.17, 15) is 14.7 Å². The van der Waals surface area contributed by atoms with Crippen molar-refractivity contribution in [3.05, 3.63) is 52.4 Å². The van der Waals surface area contributed by atoms with E-state index in [1.54, 1.807) is 4.90 Å². The number of carbonyl (C=O) groups is 2. The summed E-state index contributed by atoms with van der Waals surface area (Å²) in [5, 5.41) is 9.46. The Morgan fingerprint density at radius 3 is 2.49 bits per heavy atom. The maximum absolute atomic E-state index is 14.2. The van der Waals surface area contributed by atoms with Crippen LogP contribution in [0.5, 0.6) is 0 Å². The first-order valence-corrected chi connectivity index (χ1v) is 15.0. The first-order chi connectivity index (χ1) is 18.9. The number of aliphatic hydroxyl groups excluding tert-OH is 1. The predicted octanol–water partition coefficient (Wildman–Crippen LogP) is 5.88. The van der Waals surface area contributed by atoms with Gasteiger partial charge in [-0.3, -0.25) is 4.79 Å². The van der Waals surface area contributed by atoms with E-state index < -0.39 is 5.41 Å². The summed E-state index contributed by atoms with van der Waals surface area (Å²) >= 11 is 0. The molecule has 2 fully saturated rings. The number of rotatable bonds is 9. The van der Waals surface area contributed by atoms with Crippen LogP contribution in [0.1, 0.15) is 90.5 Å². The van der Waals surface area contributed by atoms with Gasteiger partial charge in [-0.2, -0.15) is 0 Å². The number of unbranched alkanes of at least 4 members (excludes halogenated alkanes) is 1. The second-order valence-corrected chi connectivity index (χ2v) is 12.1. The van der Waals surface area contributed by atoms with Crippen LogP contribution in [0.25, 0.3) is 0 Å². The van der Waals surface area contributed by atoms with Gasteiger partial charge in [0.2, 0.25) is 5.91 Å². The molecule has 39 heavy (non-hydrogen) atoms. The van der Waals surface area contributed by atoms with Crippen LogP contribution in [-0.2, 0) is 14.9 Å². The molecule has 0 bridgehead atoms. The lowest BCUT2D eigenvalue weighted by atomic mass is 9.75. The standard InChI is InChI=1S/C32H45N3O4/c1-23(2)29(34(18-10-11-19-36)27-16-8-4-12-24(27)3)20-35-28-17-9-7-15-26(28)32(30(35)37)21-33(22-32)31(38)39-25-13-5-6-14-25/h7,9,15,17,25,36H,4-6,8,10-14,16,18-22H2,1-3H3. The number of likely N-dealkylation sites (tertiary alicyclic amines) is 1. The average molecular weight is 536 g/mol. The van der Waals surface area contributed by atoms with Gasteiger partial charge < -0.3 is 24.5 Å². The molecule has 2 amide bonds. The molecule has 1 aromatic rings. The van der Waals surface area contributed by atoms with Crippen molar-refractivity contribution < 1.29 is 19.4 Å². The summed E-state index contributed by atoms with van der Waals surface area (Å²) in [6.07, 6.45) is 10.1. The van der Waals surface area contributed by atoms with Crippen LogP contribution in [0.4, 0.5) is 10.5 Å². The van der Waals surface area contributed by atoms with Crippen LogP contribution in [0, 0.1) is 0 Å². The number of ether oxygens (including phenoxy) is 1. The fourth-order valence-corrected chi connectivity index (χ4v) is 6.90. The molecule has 1 N–H and O–H groups in total. The van der Waals surface area contributed by atoms with Crippen molar-refractivity contribution in [1.29, 1.82) is 0 Å². The zero-order valence-corrected chi connectivity index (χ0v) is 24.0. The van der Waals surface area contributed by atoms with Crippen LogP contribution in [-0.4, -0.2) is 65.8 Å². The maximum atomic E-state index is 14.2. The first-order valence-electron chi connectivity index (χ1n) is 15.0. The lowest BCUT2D eigenvalue weighted by Gasteiger charge is -2.46. The maximum Gasteiger partial charge on any atom is 0.410 e. The average Bonchev–Trinajstić information content (AvgIpc) is 3.49. The Kier molecular flexibility index (Phi) is 8.36. The quantitative estimate of drug-likeness (QED) is 0.400. The molecular weight excluding hydrogens is 490 g/mol. The van der Waals surface area contributed by atoms with Gasteiger partial charge in [0.15, 0.2) is 0 Å². The van der Waals surface area contributed by atoms with Gasteiger partial charge in [-0.15, -0.1) is 0 Å². The summed E-state index contributed by atoms with van der Waals surface area (Å²) in [5.41, 5.74) is 6.47. The normalized spacial score (nSPS) is 20.4.